The van der Waals surface area contributed by atoms with Crippen molar-refractivity contribution in [1.29, 1.82) is 0 Å². The molecule has 5 N–H and O–H groups in total. The van der Waals surface area contributed by atoms with Crippen LogP contribution in [-0.2, 0) is 16.2 Å². The molecular weight excluding hydrogens is 945 g/mol. The zero-order chi connectivity index (χ0) is 56.3. The van der Waals surface area contributed by atoms with E-state index in [9.17, 15) is 35.5 Å². The van der Waals surface area contributed by atoms with E-state index < -0.39 is 9.85 Å². The lowest BCUT2D eigenvalue weighted by atomic mass is 9.72. The number of nitro benzene ring substituents is 2. The summed E-state index contributed by atoms with van der Waals surface area (Å²) in [4.78, 5) is 21.7. The maximum absolute atomic E-state index is 11.1. The van der Waals surface area contributed by atoms with Crippen LogP contribution in [0.1, 0.15) is 140 Å². The fourth-order valence-corrected chi connectivity index (χ4v) is 9.76. The van der Waals surface area contributed by atoms with Crippen molar-refractivity contribution in [3.05, 3.63) is 170 Å². The van der Waals surface area contributed by atoms with Gasteiger partial charge >= 0.3 is 0 Å². The molecule has 0 spiro atoms. The minimum Gasteiger partial charge on any atom is -0.508 e. The van der Waals surface area contributed by atoms with E-state index in [1.807, 2.05) is 54.6 Å². The van der Waals surface area contributed by atoms with Crippen molar-refractivity contribution in [3.8, 4) is 22.9 Å². The lowest BCUT2D eigenvalue weighted by molar-refractivity contribution is -0.384. The molecule has 0 aliphatic rings. The third-order valence-corrected chi connectivity index (χ3v) is 12.1. The van der Waals surface area contributed by atoms with Crippen LogP contribution in [0.3, 0.4) is 0 Å². The Morgan fingerprint density at radius 2 is 0.867 bits per heavy atom. The van der Waals surface area contributed by atoms with Gasteiger partial charge in [0.05, 0.1) is 9.85 Å². The third kappa shape index (κ3) is 18.3. The van der Waals surface area contributed by atoms with E-state index >= 15 is 0 Å². The summed E-state index contributed by atoms with van der Waals surface area (Å²) in [6, 6.07) is 38.5. The van der Waals surface area contributed by atoms with Gasteiger partial charge in [-0.05, 0) is 129 Å². The van der Waals surface area contributed by atoms with Gasteiger partial charge in [0.25, 0.3) is 11.4 Å². The average molecular weight is 1020 g/mol. The number of phenolic OH excluding ortho intramolecular Hbond substituents is 3. The van der Waals surface area contributed by atoms with E-state index in [-0.39, 0.29) is 61.3 Å². The largest absolute Gasteiger partial charge is 0.508 e. The van der Waals surface area contributed by atoms with Gasteiger partial charge in [0, 0.05) is 12.1 Å². The molecule has 1 heterocycles. The number of azo groups is 1. The highest BCUT2D eigenvalue weighted by Crippen LogP contribution is 2.42. The molecule has 0 bridgehead atoms. The molecule has 0 atom stereocenters. The van der Waals surface area contributed by atoms with Gasteiger partial charge in [0.2, 0.25) is 0 Å². The highest BCUT2D eigenvalue weighted by Gasteiger charge is 2.30. The summed E-state index contributed by atoms with van der Waals surface area (Å²) in [6.07, 6.45) is 3.12. The van der Waals surface area contributed by atoms with Crippen LogP contribution in [0.25, 0.3) is 16.7 Å². The molecule has 400 valence electrons. The Hall–Kier alpha value is -7.68. The SMILES string of the molecule is CC(C)(C)CC(C)(C)c1ccc(O)c(-n2nc3ccccc3n2)c1.CC(C)(C)CC(C)(C)c1ccc(O)c(N=Nc2ccccc2[N+](=O)[O-])c1.CC(C)(C)CC(C)(C)c1ccc(O)cc1.Nc1ccccc1[N+](=O)[O-]. The van der Waals surface area contributed by atoms with Gasteiger partial charge in [-0.3, -0.25) is 20.2 Å². The van der Waals surface area contributed by atoms with E-state index in [4.69, 9.17) is 5.73 Å². The summed E-state index contributed by atoms with van der Waals surface area (Å²) < 4.78 is 0. The molecule has 0 saturated carbocycles. The molecule has 1 aromatic heterocycles. The molecule has 0 fully saturated rings. The molecule has 75 heavy (non-hydrogen) atoms. The Balaban J connectivity index is 0.000000228. The monoisotopic (exact) mass is 1020 g/mol. The molecular formula is C60H78N8O7. The number of benzene rings is 6. The van der Waals surface area contributed by atoms with Crippen molar-refractivity contribution in [2.45, 2.75) is 139 Å². The fraction of sp³-hybridized carbons (Fsp3) is 0.400. The number of phenols is 3. The molecule has 6 aromatic carbocycles. The number of nitrogens with two attached hydrogens (primary N) is 1. The molecule has 0 saturated heterocycles. The van der Waals surface area contributed by atoms with Crippen molar-refractivity contribution in [2.24, 2.45) is 26.5 Å². The number of hydrogen-bond acceptors (Lipinski definition) is 12. The number of hydrogen-bond donors (Lipinski definition) is 4. The maximum atomic E-state index is 11.1. The highest BCUT2D eigenvalue weighted by molar-refractivity contribution is 5.73. The Bertz CT molecular complexity index is 3030. The van der Waals surface area contributed by atoms with Gasteiger partial charge < -0.3 is 21.1 Å². The van der Waals surface area contributed by atoms with Crippen LogP contribution in [0.5, 0.6) is 17.2 Å². The van der Waals surface area contributed by atoms with Crippen molar-refractivity contribution >= 4 is 39.5 Å². The van der Waals surface area contributed by atoms with Crippen LogP contribution in [0.2, 0.25) is 0 Å². The van der Waals surface area contributed by atoms with E-state index in [0.717, 1.165) is 35.9 Å². The number of nitrogen functional groups attached to an aromatic ring is 1. The number of nitro groups is 2. The zero-order valence-corrected chi connectivity index (χ0v) is 46.5. The first-order valence-electron chi connectivity index (χ1n) is 25.0. The summed E-state index contributed by atoms with van der Waals surface area (Å²) in [6.45, 7) is 33.4. The normalized spacial score (nSPS) is 12.2. The quantitative estimate of drug-likeness (QED) is 0.0414. The topological polar surface area (TPSA) is 228 Å². The lowest BCUT2D eigenvalue weighted by Gasteiger charge is -2.33. The second kappa shape index (κ2) is 24.1. The predicted octanol–water partition coefficient (Wildman–Crippen LogP) is 16.6. The summed E-state index contributed by atoms with van der Waals surface area (Å²) >= 11 is 0. The van der Waals surface area contributed by atoms with Crippen LogP contribution in [0.4, 0.5) is 28.4 Å². The third-order valence-electron chi connectivity index (χ3n) is 12.1. The number of rotatable bonds is 11. The van der Waals surface area contributed by atoms with Crippen molar-refractivity contribution in [1.82, 2.24) is 15.0 Å². The van der Waals surface area contributed by atoms with Crippen LogP contribution in [0.15, 0.2) is 144 Å². The molecule has 15 heteroatoms. The predicted molar refractivity (Wildman–Crippen MR) is 303 cm³/mol. The first-order chi connectivity index (χ1) is 34.6. The van der Waals surface area contributed by atoms with Crippen molar-refractivity contribution in [3.63, 3.8) is 0 Å². The molecule has 15 nitrogen and oxygen atoms in total. The average Bonchev–Trinajstić information content (AvgIpc) is 3.72. The Morgan fingerprint density at radius 3 is 1.32 bits per heavy atom. The summed E-state index contributed by atoms with van der Waals surface area (Å²) in [5, 5.41) is 67.9. The number of aromatic nitrogens is 3. The zero-order valence-electron chi connectivity index (χ0n) is 46.5. The lowest BCUT2D eigenvalue weighted by Crippen LogP contribution is -2.25. The molecule has 0 aliphatic carbocycles. The Morgan fingerprint density at radius 1 is 0.480 bits per heavy atom. The van der Waals surface area contributed by atoms with E-state index in [1.54, 1.807) is 54.6 Å². The minimum atomic E-state index is -0.505. The van der Waals surface area contributed by atoms with E-state index in [1.165, 1.54) is 40.2 Å². The molecule has 7 aromatic rings. The summed E-state index contributed by atoms with van der Waals surface area (Å²) in [5.74, 6) is 0.513. The number of fused-ring (bicyclic) bond motifs is 1. The van der Waals surface area contributed by atoms with Crippen LogP contribution >= 0.6 is 0 Å². The number of anilines is 1. The van der Waals surface area contributed by atoms with Crippen molar-refractivity contribution in [2.75, 3.05) is 5.73 Å². The summed E-state index contributed by atoms with van der Waals surface area (Å²) in [5.41, 5.74) is 12.2. The molecule has 0 radical (unpaired) electrons. The summed E-state index contributed by atoms with van der Waals surface area (Å²) in [7, 11) is 0. The van der Waals surface area contributed by atoms with Gasteiger partial charge in [-0.25, -0.2) is 0 Å². The molecule has 7 rings (SSSR count). The van der Waals surface area contributed by atoms with E-state index in [0.29, 0.717) is 22.5 Å². The fourth-order valence-electron chi connectivity index (χ4n) is 9.76. The second-order valence-electron chi connectivity index (χ2n) is 24.6. The maximum Gasteiger partial charge on any atom is 0.296 e. The molecule has 0 aliphatic heterocycles. The second-order valence-corrected chi connectivity index (χ2v) is 24.6. The Labute approximate surface area is 442 Å². The molecule has 0 unspecified atom stereocenters. The standard InChI is InChI=1S/C20H25N3O3.C20H25N3O.C14H22O.C6H6N2O2/c1-19(2,3)13-20(4,5)14-10-11-18(24)16(12-14)22-21-15-8-6-7-9-17(15)23(25)26;1-19(2,3)13-20(4,5)14-10-11-18(24)17(12-14)23-21-15-8-6-7-9-16(15)22-23;1-13(2,3)10-14(4,5)11-6-8-12(15)9-7-11;7-5-3-1-2-4-6(5)8(9)10/h6-12,24H,13H2,1-5H3;6-12,24H,13H2,1-5H3;6-9,15H,10H2,1-5H3;1-4H,7H2. The number of para-hydroxylation sites is 3. The smallest absolute Gasteiger partial charge is 0.296 e. The van der Waals surface area contributed by atoms with Gasteiger partial charge in [-0.1, -0.05) is 165 Å². The first-order valence-corrected chi connectivity index (χ1v) is 25.0. The molecule has 0 amide bonds. The van der Waals surface area contributed by atoms with Gasteiger partial charge in [-0.2, -0.15) is 0 Å². The van der Waals surface area contributed by atoms with Gasteiger partial charge in [0.1, 0.15) is 45.3 Å². The Kier molecular flexibility index (Phi) is 19.3. The minimum absolute atomic E-state index is 0.00667. The van der Waals surface area contributed by atoms with Gasteiger partial charge in [0.15, 0.2) is 5.69 Å². The number of aromatic hydroxyl groups is 3. The van der Waals surface area contributed by atoms with Crippen LogP contribution < -0.4 is 5.73 Å². The first kappa shape index (κ1) is 59.9. The van der Waals surface area contributed by atoms with Gasteiger partial charge in [-0.15, -0.1) is 25.2 Å². The van der Waals surface area contributed by atoms with Crippen molar-refractivity contribution < 1.29 is 25.2 Å². The highest BCUT2D eigenvalue weighted by atomic mass is 16.6. The number of nitrogens with zero attached hydrogens (tertiary/aromatic N) is 7. The van der Waals surface area contributed by atoms with E-state index in [2.05, 4.69) is 124 Å². The van der Waals surface area contributed by atoms with Crippen LogP contribution in [0, 0.1) is 36.5 Å². The van der Waals surface area contributed by atoms with Crippen LogP contribution in [-0.4, -0.2) is 40.2 Å².